The van der Waals surface area contributed by atoms with Crippen molar-refractivity contribution in [2.75, 3.05) is 26.2 Å². The lowest BCUT2D eigenvalue weighted by molar-refractivity contribution is -0.136. The third-order valence-electron chi connectivity index (χ3n) is 6.04. The second kappa shape index (κ2) is 12.0. The number of sulfonamides is 1. The number of ether oxygens (including phenoxy) is 1. The summed E-state index contributed by atoms with van der Waals surface area (Å²) >= 11 is 17.9. The Balaban J connectivity index is 1.45. The largest absolute Gasteiger partial charge is 0.489 e. The third kappa shape index (κ3) is 7.16. The quantitative estimate of drug-likeness (QED) is 0.365. The van der Waals surface area contributed by atoms with Crippen molar-refractivity contribution < 1.29 is 23.1 Å². The molecule has 1 heterocycles. The van der Waals surface area contributed by atoms with Gasteiger partial charge in [-0.05, 0) is 47.5 Å². The highest BCUT2D eigenvalue weighted by Gasteiger charge is 2.29. The molecular formula is C26H25Cl3N2O5S. The fraction of sp³-hybridized carbons (Fsp3) is 0.269. The summed E-state index contributed by atoms with van der Waals surface area (Å²) in [7, 11) is -3.70. The number of benzene rings is 3. The molecule has 37 heavy (non-hydrogen) atoms. The topological polar surface area (TPSA) is 87.2 Å². The minimum atomic E-state index is -3.70. The maximum absolute atomic E-state index is 13.1. The summed E-state index contributed by atoms with van der Waals surface area (Å²) in [4.78, 5) is 13.5. The minimum absolute atomic E-state index is 0.0971. The number of nitrogens with zero attached hydrogens (tertiary/aromatic N) is 2. The van der Waals surface area contributed by atoms with Gasteiger partial charge in [-0.2, -0.15) is 4.31 Å². The van der Waals surface area contributed by atoms with Gasteiger partial charge in [-0.1, -0.05) is 59.1 Å². The molecule has 11 heteroatoms. The van der Waals surface area contributed by atoms with E-state index in [2.05, 4.69) is 4.90 Å². The van der Waals surface area contributed by atoms with Gasteiger partial charge < -0.3 is 9.84 Å². The number of hydrogen-bond donors (Lipinski definition) is 1. The van der Waals surface area contributed by atoms with E-state index in [0.29, 0.717) is 60.7 Å². The van der Waals surface area contributed by atoms with E-state index >= 15 is 0 Å². The Morgan fingerprint density at radius 3 is 2.19 bits per heavy atom. The Morgan fingerprint density at radius 2 is 1.54 bits per heavy atom. The van der Waals surface area contributed by atoms with E-state index in [-0.39, 0.29) is 16.3 Å². The lowest BCUT2D eigenvalue weighted by Crippen LogP contribution is -2.48. The van der Waals surface area contributed by atoms with E-state index in [9.17, 15) is 18.3 Å². The molecule has 3 aromatic rings. The fourth-order valence-corrected chi connectivity index (χ4v) is 6.02. The first-order chi connectivity index (χ1) is 17.6. The molecule has 0 spiro atoms. The predicted molar refractivity (Wildman–Crippen MR) is 144 cm³/mol. The summed E-state index contributed by atoms with van der Waals surface area (Å²) in [6, 6.07) is 17.0. The molecule has 0 radical (unpaired) electrons. The number of carboxylic acid groups (broad SMARTS) is 1. The van der Waals surface area contributed by atoms with Crippen LogP contribution < -0.4 is 4.74 Å². The first-order valence-electron chi connectivity index (χ1n) is 11.5. The molecule has 1 fully saturated rings. The molecule has 0 bridgehead atoms. The lowest BCUT2D eigenvalue weighted by Gasteiger charge is -2.34. The van der Waals surface area contributed by atoms with E-state index in [1.807, 2.05) is 18.2 Å². The van der Waals surface area contributed by atoms with Crippen molar-refractivity contribution in [1.82, 2.24) is 9.21 Å². The number of aliphatic carboxylic acids is 1. The predicted octanol–water partition coefficient (Wildman–Crippen LogP) is 5.36. The molecule has 4 rings (SSSR count). The second-order valence-electron chi connectivity index (χ2n) is 8.68. The van der Waals surface area contributed by atoms with Gasteiger partial charge in [0.25, 0.3) is 0 Å². The van der Waals surface area contributed by atoms with E-state index in [1.54, 1.807) is 24.3 Å². The van der Waals surface area contributed by atoms with E-state index in [0.717, 1.165) is 11.1 Å². The fourth-order valence-electron chi connectivity index (χ4n) is 4.08. The van der Waals surface area contributed by atoms with Crippen LogP contribution in [0.2, 0.25) is 15.1 Å². The van der Waals surface area contributed by atoms with Crippen molar-refractivity contribution in [1.29, 1.82) is 0 Å². The zero-order chi connectivity index (χ0) is 26.6. The molecule has 3 aromatic carbocycles. The number of hydrogen-bond acceptors (Lipinski definition) is 5. The Hall–Kier alpha value is -2.33. The van der Waals surface area contributed by atoms with Gasteiger partial charge >= 0.3 is 5.97 Å². The summed E-state index contributed by atoms with van der Waals surface area (Å²) in [6.07, 6.45) is -0.0971. The van der Waals surface area contributed by atoms with Crippen molar-refractivity contribution in [2.45, 2.75) is 24.5 Å². The van der Waals surface area contributed by atoms with Crippen LogP contribution in [0.5, 0.6) is 5.75 Å². The van der Waals surface area contributed by atoms with Crippen LogP contribution in [0.25, 0.3) is 0 Å². The van der Waals surface area contributed by atoms with Crippen molar-refractivity contribution >= 4 is 50.8 Å². The van der Waals surface area contributed by atoms with Crippen LogP contribution >= 0.6 is 34.8 Å². The van der Waals surface area contributed by atoms with Crippen molar-refractivity contribution in [3.05, 3.63) is 92.4 Å². The average Bonchev–Trinajstić information content (AvgIpc) is 2.86. The zero-order valence-corrected chi connectivity index (χ0v) is 22.8. The van der Waals surface area contributed by atoms with Gasteiger partial charge in [0.05, 0.1) is 21.4 Å². The second-order valence-corrected chi connectivity index (χ2v) is 11.9. The molecule has 0 aliphatic carbocycles. The number of carboxylic acids is 1. The minimum Gasteiger partial charge on any atom is -0.489 e. The molecule has 196 valence electrons. The zero-order valence-electron chi connectivity index (χ0n) is 19.7. The van der Waals surface area contributed by atoms with Gasteiger partial charge in [0.15, 0.2) is 0 Å². The van der Waals surface area contributed by atoms with Gasteiger partial charge in [-0.15, -0.1) is 0 Å². The Bertz CT molecular complexity index is 1380. The van der Waals surface area contributed by atoms with Crippen LogP contribution in [0, 0.1) is 0 Å². The van der Waals surface area contributed by atoms with Crippen LogP contribution in [0.3, 0.4) is 0 Å². The molecule has 1 saturated heterocycles. The Kier molecular flexibility index (Phi) is 9.00. The normalized spacial score (nSPS) is 15.0. The van der Waals surface area contributed by atoms with Gasteiger partial charge in [-0.25, -0.2) is 8.42 Å². The smallest absolute Gasteiger partial charge is 0.307 e. The number of piperazine rings is 1. The Morgan fingerprint density at radius 1 is 0.865 bits per heavy atom. The maximum atomic E-state index is 13.1. The van der Waals surface area contributed by atoms with Crippen molar-refractivity contribution in [3.8, 4) is 5.75 Å². The van der Waals surface area contributed by atoms with Gasteiger partial charge in [0.1, 0.15) is 12.4 Å². The molecule has 1 N–H and O–H groups in total. The van der Waals surface area contributed by atoms with Crippen LogP contribution in [-0.2, 0) is 34.4 Å². The third-order valence-corrected chi connectivity index (χ3v) is 8.93. The Labute approximate surface area is 231 Å². The lowest BCUT2D eigenvalue weighted by atomic mass is 10.1. The van der Waals surface area contributed by atoms with Crippen molar-refractivity contribution in [3.63, 3.8) is 0 Å². The maximum Gasteiger partial charge on any atom is 0.307 e. The monoisotopic (exact) mass is 582 g/mol. The van der Waals surface area contributed by atoms with Crippen LogP contribution in [0.15, 0.2) is 65.6 Å². The van der Waals surface area contributed by atoms with Crippen LogP contribution in [0.1, 0.15) is 16.7 Å². The van der Waals surface area contributed by atoms with Gasteiger partial charge in [-0.3, -0.25) is 9.69 Å². The SMILES string of the molecule is O=C(O)Cc1ccc(OCc2ccc(Cl)cc2)c(CN2CCN(S(=O)(=O)c3ccc(Cl)c(Cl)c3)CC2)c1. The highest BCUT2D eigenvalue weighted by atomic mass is 35.5. The molecule has 0 saturated carbocycles. The molecule has 1 aliphatic heterocycles. The van der Waals surface area contributed by atoms with E-state index < -0.39 is 16.0 Å². The molecule has 7 nitrogen and oxygen atoms in total. The van der Waals surface area contributed by atoms with Crippen LogP contribution in [0.4, 0.5) is 0 Å². The summed E-state index contributed by atoms with van der Waals surface area (Å²) in [5.41, 5.74) is 2.46. The summed E-state index contributed by atoms with van der Waals surface area (Å²) in [5.74, 6) is -0.267. The number of carbonyl (C=O) groups is 1. The molecular weight excluding hydrogens is 559 g/mol. The van der Waals surface area contributed by atoms with E-state index in [4.69, 9.17) is 39.5 Å². The van der Waals surface area contributed by atoms with Gasteiger partial charge in [0, 0.05) is 43.3 Å². The highest BCUT2D eigenvalue weighted by Crippen LogP contribution is 2.28. The van der Waals surface area contributed by atoms with Crippen molar-refractivity contribution in [2.24, 2.45) is 0 Å². The first-order valence-corrected chi connectivity index (χ1v) is 14.1. The standard InChI is InChI=1S/C26H25Cl3N2O5S/c27-21-4-1-18(2-5-21)17-36-25-8-3-19(14-26(32)33)13-20(25)16-30-9-11-31(12-10-30)37(34,35)22-6-7-23(28)24(29)15-22/h1-8,13,15H,9-12,14,16-17H2,(H,32,33). The van der Waals surface area contributed by atoms with Crippen LogP contribution in [-0.4, -0.2) is 54.9 Å². The van der Waals surface area contributed by atoms with E-state index in [1.165, 1.54) is 22.5 Å². The summed E-state index contributed by atoms with van der Waals surface area (Å²) < 4.78 is 33.7. The molecule has 0 unspecified atom stereocenters. The molecule has 0 atom stereocenters. The molecule has 1 aliphatic rings. The molecule has 0 aromatic heterocycles. The number of halogens is 3. The summed E-state index contributed by atoms with van der Waals surface area (Å²) in [6.45, 7) is 2.43. The summed E-state index contributed by atoms with van der Waals surface area (Å²) in [5, 5.41) is 10.4. The van der Waals surface area contributed by atoms with Gasteiger partial charge in [0.2, 0.25) is 10.0 Å². The first kappa shape index (κ1) is 27.7. The average molecular weight is 584 g/mol. The number of rotatable bonds is 9. The highest BCUT2D eigenvalue weighted by molar-refractivity contribution is 7.89. The molecule has 0 amide bonds.